The van der Waals surface area contributed by atoms with Crippen LogP contribution in [0.15, 0.2) is 18.2 Å². The van der Waals surface area contributed by atoms with Crippen molar-refractivity contribution in [3.63, 3.8) is 0 Å². The number of carbonyl (C=O) groups is 1. The predicted octanol–water partition coefficient (Wildman–Crippen LogP) is 5.29. The SMILES string of the molecule is CCCCn1c2c(c3cccc(C(=O)O)c31)CC(C(C)(C)C)CC2. The zero-order chi connectivity index (χ0) is 17.5. The molecule has 0 spiro atoms. The van der Waals surface area contributed by atoms with E-state index in [9.17, 15) is 9.90 Å². The maximum atomic E-state index is 11.8. The third kappa shape index (κ3) is 2.85. The molecule has 0 amide bonds. The Morgan fingerprint density at radius 1 is 1.33 bits per heavy atom. The van der Waals surface area contributed by atoms with Crippen molar-refractivity contribution in [2.24, 2.45) is 11.3 Å². The fourth-order valence-electron chi connectivity index (χ4n) is 4.18. The Labute approximate surface area is 144 Å². The van der Waals surface area contributed by atoms with Gasteiger partial charge >= 0.3 is 5.97 Å². The number of benzene rings is 1. The second kappa shape index (κ2) is 6.27. The number of hydrogen-bond donors (Lipinski definition) is 1. The summed E-state index contributed by atoms with van der Waals surface area (Å²) in [5.41, 5.74) is 4.46. The van der Waals surface area contributed by atoms with Crippen LogP contribution >= 0.6 is 0 Å². The van der Waals surface area contributed by atoms with Gasteiger partial charge in [-0.05, 0) is 48.6 Å². The lowest BCUT2D eigenvalue weighted by Crippen LogP contribution is -2.27. The van der Waals surface area contributed by atoms with Crippen molar-refractivity contribution in [1.29, 1.82) is 0 Å². The fraction of sp³-hybridized carbons (Fsp3) is 0.571. The van der Waals surface area contributed by atoms with E-state index in [1.54, 1.807) is 6.07 Å². The molecule has 1 aromatic carbocycles. The summed E-state index contributed by atoms with van der Waals surface area (Å²) in [5, 5.41) is 10.8. The standard InChI is InChI=1S/C21H29NO2/c1-5-6-12-22-18-11-10-14(21(2,3)4)13-17(18)15-8-7-9-16(19(15)22)20(23)24/h7-9,14H,5-6,10-13H2,1-4H3,(H,23,24). The Morgan fingerprint density at radius 3 is 2.71 bits per heavy atom. The van der Waals surface area contributed by atoms with Gasteiger partial charge in [0, 0.05) is 17.6 Å². The highest BCUT2D eigenvalue weighted by Gasteiger charge is 2.32. The summed E-state index contributed by atoms with van der Waals surface area (Å²) >= 11 is 0. The van der Waals surface area contributed by atoms with E-state index in [2.05, 4.69) is 38.3 Å². The van der Waals surface area contributed by atoms with Gasteiger partial charge in [0.1, 0.15) is 0 Å². The van der Waals surface area contributed by atoms with Crippen molar-refractivity contribution in [3.8, 4) is 0 Å². The number of rotatable bonds is 4. The Balaban J connectivity index is 2.20. The van der Waals surface area contributed by atoms with Crippen molar-refractivity contribution >= 4 is 16.9 Å². The van der Waals surface area contributed by atoms with E-state index in [-0.39, 0.29) is 0 Å². The van der Waals surface area contributed by atoms with Crippen LogP contribution in [-0.2, 0) is 19.4 Å². The van der Waals surface area contributed by atoms with E-state index >= 15 is 0 Å². The van der Waals surface area contributed by atoms with Gasteiger partial charge in [-0.25, -0.2) is 4.79 Å². The van der Waals surface area contributed by atoms with Crippen LogP contribution in [0.1, 0.15) is 68.6 Å². The molecule has 0 radical (unpaired) electrons. The van der Waals surface area contributed by atoms with Crippen LogP contribution in [0.25, 0.3) is 10.9 Å². The van der Waals surface area contributed by atoms with Crippen molar-refractivity contribution in [2.45, 2.75) is 66.3 Å². The molecule has 0 fully saturated rings. The summed E-state index contributed by atoms with van der Waals surface area (Å²) in [7, 11) is 0. The Morgan fingerprint density at radius 2 is 2.08 bits per heavy atom. The van der Waals surface area contributed by atoms with Crippen LogP contribution in [0.2, 0.25) is 0 Å². The molecule has 0 bridgehead atoms. The Bertz CT molecular complexity index is 764. The first-order valence-electron chi connectivity index (χ1n) is 9.20. The van der Waals surface area contributed by atoms with Gasteiger partial charge < -0.3 is 9.67 Å². The molecule has 1 N–H and O–H groups in total. The molecule has 24 heavy (non-hydrogen) atoms. The smallest absolute Gasteiger partial charge is 0.337 e. The number of unbranched alkanes of at least 4 members (excludes halogenated alkanes) is 1. The van der Waals surface area contributed by atoms with Gasteiger partial charge in [-0.1, -0.05) is 46.2 Å². The van der Waals surface area contributed by atoms with Crippen molar-refractivity contribution in [1.82, 2.24) is 4.57 Å². The molecule has 2 aromatic rings. The van der Waals surface area contributed by atoms with Crippen molar-refractivity contribution < 1.29 is 9.90 Å². The van der Waals surface area contributed by atoms with E-state index in [1.807, 2.05) is 6.07 Å². The first kappa shape index (κ1) is 17.1. The molecule has 3 rings (SSSR count). The van der Waals surface area contributed by atoms with Gasteiger partial charge in [-0.3, -0.25) is 0 Å². The molecule has 0 saturated heterocycles. The highest BCUT2D eigenvalue weighted by molar-refractivity contribution is 6.04. The van der Waals surface area contributed by atoms with Crippen LogP contribution in [0, 0.1) is 11.3 Å². The molecule has 1 heterocycles. The van der Waals surface area contributed by atoms with Gasteiger partial charge in [0.25, 0.3) is 0 Å². The predicted molar refractivity (Wildman–Crippen MR) is 98.8 cm³/mol. The molecule has 0 aliphatic heterocycles. The average Bonchev–Trinajstić information content (AvgIpc) is 2.85. The fourth-order valence-corrected chi connectivity index (χ4v) is 4.18. The highest BCUT2D eigenvalue weighted by atomic mass is 16.4. The third-order valence-corrected chi connectivity index (χ3v) is 5.68. The number of nitrogens with zero attached hydrogens (tertiary/aromatic N) is 1. The number of fused-ring (bicyclic) bond motifs is 3. The number of carboxylic acids is 1. The van der Waals surface area contributed by atoms with Gasteiger partial charge in [-0.2, -0.15) is 0 Å². The number of aromatic carboxylic acids is 1. The lowest BCUT2D eigenvalue weighted by atomic mass is 9.71. The Hall–Kier alpha value is -1.77. The molecule has 130 valence electrons. The number of aryl methyl sites for hydroxylation is 1. The van der Waals surface area contributed by atoms with Crippen LogP contribution in [0.4, 0.5) is 0 Å². The number of para-hydroxylation sites is 1. The second-order valence-corrected chi connectivity index (χ2v) is 8.24. The number of carboxylic acid groups (broad SMARTS) is 1. The average molecular weight is 327 g/mol. The van der Waals surface area contributed by atoms with Crippen LogP contribution in [0.5, 0.6) is 0 Å². The van der Waals surface area contributed by atoms with Gasteiger partial charge in [0.2, 0.25) is 0 Å². The summed E-state index contributed by atoms with van der Waals surface area (Å²) in [4.78, 5) is 11.8. The lowest BCUT2D eigenvalue weighted by molar-refractivity contribution is 0.0698. The molecular weight excluding hydrogens is 298 g/mol. The molecule has 3 nitrogen and oxygen atoms in total. The maximum Gasteiger partial charge on any atom is 0.337 e. The molecule has 3 heteroatoms. The first-order valence-corrected chi connectivity index (χ1v) is 9.20. The Kier molecular flexibility index (Phi) is 4.46. The summed E-state index contributed by atoms with van der Waals surface area (Å²) < 4.78 is 2.32. The normalized spacial score (nSPS) is 17.9. The second-order valence-electron chi connectivity index (χ2n) is 8.24. The minimum Gasteiger partial charge on any atom is -0.478 e. The van der Waals surface area contributed by atoms with Crippen LogP contribution in [0.3, 0.4) is 0 Å². The first-order chi connectivity index (χ1) is 11.3. The number of hydrogen-bond acceptors (Lipinski definition) is 1. The molecule has 0 saturated carbocycles. The molecule has 1 aliphatic rings. The van der Waals surface area contributed by atoms with Gasteiger partial charge in [0.05, 0.1) is 11.1 Å². The number of aromatic nitrogens is 1. The summed E-state index contributed by atoms with van der Waals surface area (Å²) in [6.45, 7) is 10.1. The molecule has 1 aliphatic carbocycles. The van der Waals surface area contributed by atoms with Gasteiger partial charge in [0.15, 0.2) is 0 Å². The minimum atomic E-state index is -0.819. The molecule has 1 aromatic heterocycles. The lowest BCUT2D eigenvalue weighted by Gasteiger charge is -2.34. The molecule has 1 atom stereocenters. The van der Waals surface area contributed by atoms with E-state index in [0.29, 0.717) is 16.9 Å². The van der Waals surface area contributed by atoms with Crippen molar-refractivity contribution in [2.75, 3.05) is 0 Å². The third-order valence-electron chi connectivity index (χ3n) is 5.68. The monoisotopic (exact) mass is 327 g/mol. The van der Waals surface area contributed by atoms with Crippen LogP contribution in [-0.4, -0.2) is 15.6 Å². The zero-order valence-electron chi connectivity index (χ0n) is 15.4. The maximum absolute atomic E-state index is 11.8. The summed E-state index contributed by atoms with van der Waals surface area (Å²) in [6.07, 6.45) is 5.54. The quantitative estimate of drug-likeness (QED) is 0.829. The van der Waals surface area contributed by atoms with Crippen LogP contribution < -0.4 is 0 Å². The summed E-state index contributed by atoms with van der Waals surface area (Å²) in [6, 6.07) is 5.77. The van der Waals surface area contributed by atoms with Crippen molar-refractivity contribution in [3.05, 3.63) is 35.0 Å². The van der Waals surface area contributed by atoms with Gasteiger partial charge in [-0.15, -0.1) is 0 Å². The van der Waals surface area contributed by atoms with E-state index in [4.69, 9.17) is 0 Å². The van der Waals surface area contributed by atoms with E-state index in [1.165, 1.54) is 17.7 Å². The summed E-state index contributed by atoms with van der Waals surface area (Å²) in [5.74, 6) is -0.163. The molecule has 1 unspecified atom stereocenters. The topological polar surface area (TPSA) is 42.2 Å². The zero-order valence-corrected chi connectivity index (χ0v) is 15.4. The molecular formula is C21H29NO2. The van der Waals surface area contributed by atoms with E-state index in [0.717, 1.165) is 43.1 Å². The minimum absolute atomic E-state index is 0.292. The highest BCUT2D eigenvalue weighted by Crippen LogP contribution is 2.41. The largest absolute Gasteiger partial charge is 0.478 e. The van der Waals surface area contributed by atoms with E-state index < -0.39 is 5.97 Å².